The van der Waals surface area contributed by atoms with Crippen LogP contribution < -0.4 is 0 Å². The van der Waals surface area contributed by atoms with Gasteiger partial charge in [0.2, 0.25) is 0 Å². The molecule has 54 valence electrons. The molecule has 10 heavy (non-hydrogen) atoms. The second kappa shape index (κ2) is 1.08. The second-order valence-corrected chi connectivity index (χ2v) is 5.54. The molecule has 5 unspecified atom stereocenters. The largest absolute Gasteiger partial charge is 0.121 e. The molecule has 0 N–H and O–H groups in total. The molecule has 0 aromatic heterocycles. The van der Waals surface area contributed by atoms with E-state index in [0.29, 0.717) is 5.38 Å². The van der Waals surface area contributed by atoms with E-state index in [1.54, 1.807) is 0 Å². The summed E-state index contributed by atoms with van der Waals surface area (Å²) in [7, 11) is 0. The summed E-state index contributed by atoms with van der Waals surface area (Å²) < 4.78 is 0. The highest BCUT2D eigenvalue weighted by Gasteiger charge is 2.90. The van der Waals surface area contributed by atoms with Crippen LogP contribution >= 0.6 is 23.2 Å². The van der Waals surface area contributed by atoms with E-state index in [1.165, 1.54) is 6.42 Å². The van der Waals surface area contributed by atoms with Gasteiger partial charge in [-0.3, -0.25) is 0 Å². The topological polar surface area (TPSA) is 0 Å². The Morgan fingerprint density at radius 2 is 2.10 bits per heavy atom. The monoisotopic (exact) mass is 174 g/mol. The molecule has 4 aliphatic rings. The predicted molar refractivity (Wildman–Crippen MR) is 40.3 cm³/mol. The molecule has 0 aliphatic heterocycles. The normalized spacial score (nSPS) is 87.0. The zero-order valence-corrected chi connectivity index (χ0v) is 6.94. The standard InChI is InChI=1S/C8H8Cl2/c9-7-5-2-1-3-6(4(2)5)8(3,7)10/h2-7H,1H2/t2?,3?,4?,5?,6?,7-,8-/m0/s1. The van der Waals surface area contributed by atoms with Crippen LogP contribution in [0.15, 0.2) is 0 Å². The van der Waals surface area contributed by atoms with E-state index in [1.807, 2.05) is 0 Å². The van der Waals surface area contributed by atoms with Crippen LogP contribution in [-0.2, 0) is 0 Å². The Hall–Kier alpha value is 0.580. The van der Waals surface area contributed by atoms with Crippen LogP contribution in [0.1, 0.15) is 6.42 Å². The van der Waals surface area contributed by atoms with Gasteiger partial charge in [0.25, 0.3) is 0 Å². The summed E-state index contributed by atoms with van der Waals surface area (Å²) in [5, 5.41) is 0.341. The minimum Gasteiger partial charge on any atom is -0.121 e. The molecule has 0 nitrogen and oxygen atoms in total. The average molecular weight is 175 g/mol. The maximum absolute atomic E-state index is 6.37. The highest BCUT2D eigenvalue weighted by Crippen LogP contribution is 2.88. The van der Waals surface area contributed by atoms with Gasteiger partial charge in [-0.15, -0.1) is 23.2 Å². The molecule has 7 atom stereocenters. The molecule has 0 aromatic carbocycles. The van der Waals surface area contributed by atoms with Crippen LogP contribution in [0.4, 0.5) is 0 Å². The van der Waals surface area contributed by atoms with Gasteiger partial charge in [-0.1, -0.05) is 0 Å². The van der Waals surface area contributed by atoms with Gasteiger partial charge in [-0.25, -0.2) is 0 Å². The van der Waals surface area contributed by atoms with Crippen LogP contribution in [0.2, 0.25) is 0 Å². The Balaban J connectivity index is 1.96. The maximum Gasteiger partial charge on any atom is 0.0678 e. The molecule has 4 fully saturated rings. The second-order valence-electron chi connectivity index (χ2n) is 4.42. The van der Waals surface area contributed by atoms with Gasteiger partial charge in [0.1, 0.15) is 0 Å². The van der Waals surface area contributed by atoms with Gasteiger partial charge in [0, 0.05) is 0 Å². The van der Waals surface area contributed by atoms with Gasteiger partial charge in [-0.2, -0.15) is 0 Å². The van der Waals surface area contributed by atoms with Crippen molar-refractivity contribution in [2.45, 2.75) is 16.7 Å². The summed E-state index contributed by atoms with van der Waals surface area (Å²) in [6, 6.07) is 0. The summed E-state index contributed by atoms with van der Waals surface area (Å²) in [6.07, 6.45) is 1.41. The Labute approximate surface area is 69.9 Å². The zero-order valence-electron chi connectivity index (χ0n) is 5.43. The van der Waals surface area contributed by atoms with E-state index < -0.39 is 0 Å². The molecule has 2 heteroatoms. The Morgan fingerprint density at radius 3 is 2.40 bits per heavy atom. The molecule has 0 amide bonds. The molecule has 4 rings (SSSR count). The molecule has 0 heterocycles. The fourth-order valence-corrected chi connectivity index (χ4v) is 5.27. The number of fused-ring (bicyclic) bond motifs is 2. The summed E-state index contributed by atoms with van der Waals surface area (Å²) >= 11 is 12.6. The first kappa shape index (κ1) is 5.27. The van der Waals surface area contributed by atoms with Crippen molar-refractivity contribution in [1.29, 1.82) is 0 Å². The van der Waals surface area contributed by atoms with Crippen molar-refractivity contribution in [3.05, 3.63) is 0 Å². The molecule has 0 bridgehead atoms. The SMILES string of the molecule is Cl[C@H]1C2C3CC4C(C32)[C@@]41Cl. The molecule has 0 aromatic rings. The van der Waals surface area contributed by atoms with E-state index in [2.05, 4.69) is 0 Å². The Morgan fingerprint density at radius 1 is 1.30 bits per heavy atom. The quantitative estimate of drug-likeness (QED) is 0.494. The first-order valence-electron chi connectivity index (χ1n) is 4.09. The lowest BCUT2D eigenvalue weighted by Gasteiger charge is -2.20. The van der Waals surface area contributed by atoms with Gasteiger partial charge in [0.15, 0.2) is 0 Å². The average Bonchev–Trinajstić information content (AvgIpc) is 2.65. The van der Waals surface area contributed by atoms with Crippen molar-refractivity contribution in [2.75, 3.05) is 0 Å². The van der Waals surface area contributed by atoms with E-state index in [-0.39, 0.29) is 4.87 Å². The Kier molecular flexibility index (Phi) is 0.567. The molecule has 0 saturated heterocycles. The predicted octanol–water partition coefficient (Wildman–Crippen LogP) is 2.10. The summed E-state index contributed by atoms with van der Waals surface area (Å²) in [5.74, 6) is 4.51. The number of halogens is 2. The van der Waals surface area contributed by atoms with Crippen LogP contribution in [0, 0.1) is 29.6 Å². The molecule has 0 spiro atoms. The van der Waals surface area contributed by atoms with Gasteiger partial charge in [-0.05, 0) is 36.0 Å². The van der Waals surface area contributed by atoms with Gasteiger partial charge >= 0.3 is 0 Å². The summed E-state index contributed by atoms with van der Waals surface area (Å²) in [4.78, 5) is 0.103. The molecule has 4 aliphatic carbocycles. The zero-order chi connectivity index (χ0) is 6.67. The van der Waals surface area contributed by atoms with Gasteiger partial charge < -0.3 is 0 Å². The van der Waals surface area contributed by atoms with Crippen molar-refractivity contribution in [3.8, 4) is 0 Å². The summed E-state index contributed by atoms with van der Waals surface area (Å²) in [5.41, 5.74) is 0. The number of alkyl halides is 2. The van der Waals surface area contributed by atoms with E-state index in [4.69, 9.17) is 23.2 Å². The molecule has 4 saturated carbocycles. The lowest BCUT2D eigenvalue weighted by molar-refractivity contribution is 0.481. The van der Waals surface area contributed by atoms with E-state index in [9.17, 15) is 0 Å². The first-order chi connectivity index (χ1) is 4.76. The third kappa shape index (κ3) is 0.272. The Bertz CT molecular complexity index is 223. The lowest BCUT2D eigenvalue weighted by Crippen LogP contribution is -2.25. The van der Waals surface area contributed by atoms with Crippen molar-refractivity contribution in [1.82, 2.24) is 0 Å². The minimum atomic E-state index is 0.103. The van der Waals surface area contributed by atoms with Crippen LogP contribution in [-0.4, -0.2) is 10.3 Å². The summed E-state index contributed by atoms with van der Waals surface area (Å²) in [6.45, 7) is 0. The number of hydrogen-bond donors (Lipinski definition) is 0. The van der Waals surface area contributed by atoms with Crippen molar-refractivity contribution in [3.63, 3.8) is 0 Å². The fourth-order valence-electron chi connectivity index (χ4n) is 4.00. The van der Waals surface area contributed by atoms with Crippen molar-refractivity contribution in [2.24, 2.45) is 29.6 Å². The first-order valence-corrected chi connectivity index (χ1v) is 4.90. The molecular weight excluding hydrogens is 167 g/mol. The van der Waals surface area contributed by atoms with Gasteiger partial charge in [0.05, 0.1) is 10.3 Å². The van der Waals surface area contributed by atoms with Crippen LogP contribution in [0.25, 0.3) is 0 Å². The number of rotatable bonds is 0. The third-order valence-electron chi connectivity index (χ3n) is 4.40. The van der Waals surface area contributed by atoms with E-state index in [0.717, 1.165) is 29.6 Å². The van der Waals surface area contributed by atoms with Crippen molar-refractivity contribution < 1.29 is 0 Å². The highest BCUT2D eigenvalue weighted by molar-refractivity contribution is 6.36. The smallest absolute Gasteiger partial charge is 0.0678 e. The number of hydrogen-bond acceptors (Lipinski definition) is 0. The minimum absolute atomic E-state index is 0.103. The van der Waals surface area contributed by atoms with Crippen LogP contribution in [0.5, 0.6) is 0 Å². The fraction of sp³-hybridized carbons (Fsp3) is 1.00. The highest BCUT2D eigenvalue weighted by atomic mass is 35.5. The van der Waals surface area contributed by atoms with Crippen LogP contribution in [0.3, 0.4) is 0 Å². The molecular formula is C8H8Cl2. The molecule has 0 radical (unpaired) electrons. The van der Waals surface area contributed by atoms with E-state index >= 15 is 0 Å². The van der Waals surface area contributed by atoms with Crippen molar-refractivity contribution >= 4 is 23.2 Å². The lowest BCUT2D eigenvalue weighted by atomic mass is 10.00. The maximum atomic E-state index is 6.37. The third-order valence-corrected chi connectivity index (χ3v) is 5.93.